The normalized spacial score (nSPS) is 15.0. The molecule has 5 rings (SSSR count). The summed E-state index contributed by atoms with van der Waals surface area (Å²) in [6, 6.07) is 11.7. The van der Waals surface area contributed by atoms with Gasteiger partial charge in [0.15, 0.2) is 0 Å². The highest BCUT2D eigenvalue weighted by atomic mass is 35.5. The number of carbonyl (C=O) groups is 1. The van der Waals surface area contributed by atoms with Gasteiger partial charge in [-0.25, -0.2) is 14.4 Å². The molecule has 1 unspecified atom stereocenters. The van der Waals surface area contributed by atoms with E-state index in [1.54, 1.807) is 44.3 Å². The van der Waals surface area contributed by atoms with Gasteiger partial charge in [-0.2, -0.15) is 4.98 Å². The fourth-order valence-electron chi connectivity index (χ4n) is 5.39. The third kappa shape index (κ3) is 6.71. The molecule has 250 valence electrons. The van der Waals surface area contributed by atoms with Crippen molar-refractivity contribution >= 4 is 52.1 Å². The number of rotatable bonds is 10. The van der Waals surface area contributed by atoms with Crippen LogP contribution in [0.25, 0.3) is 0 Å². The van der Waals surface area contributed by atoms with Gasteiger partial charge in [0, 0.05) is 25.9 Å². The quantitative estimate of drug-likeness (QED) is 0.202. The second kappa shape index (κ2) is 14.0. The Labute approximate surface area is 287 Å². The van der Waals surface area contributed by atoms with Crippen LogP contribution in [0.15, 0.2) is 82.0 Å². The lowest BCUT2D eigenvalue weighted by Crippen LogP contribution is -2.37. The molecule has 1 aliphatic rings. The Hall–Kier alpha value is -4.94. The van der Waals surface area contributed by atoms with Gasteiger partial charge in [-0.1, -0.05) is 55.2 Å². The minimum Gasteiger partial charge on any atom is -0.497 e. The van der Waals surface area contributed by atoms with Crippen LogP contribution in [-0.2, 0) is 11.3 Å². The predicted molar refractivity (Wildman–Crippen MR) is 186 cm³/mol. The van der Waals surface area contributed by atoms with E-state index in [9.17, 15) is 9.59 Å². The first-order chi connectivity index (χ1) is 22.8. The zero-order valence-corrected chi connectivity index (χ0v) is 28.7. The molecule has 0 fully saturated rings. The van der Waals surface area contributed by atoms with Crippen LogP contribution in [0.1, 0.15) is 31.0 Å². The van der Waals surface area contributed by atoms with Gasteiger partial charge < -0.3 is 24.7 Å². The van der Waals surface area contributed by atoms with Gasteiger partial charge >= 0.3 is 0 Å². The standard InChI is InChI=1S/C34H34Cl2FN7O4/c1-18(2)29(40-25-15-39-34(42(3)4)41-31(25)48-6)27-28(38)33(46)44(30(27)20-9-12-23(36)24(37)13-20)26-14-21(35)17-43(32(26)45)16-19-7-10-22(47-5)11-8-19/h7-15,17-18,30H,16,38H2,1-6H3. The van der Waals surface area contributed by atoms with E-state index in [0.717, 1.165) is 5.56 Å². The lowest BCUT2D eigenvalue weighted by Gasteiger charge is -2.29. The summed E-state index contributed by atoms with van der Waals surface area (Å²) in [4.78, 5) is 44.9. The monoisotopic (exact) mass is 693 g/mol. The summed E-state index contributed by atoms with van der Waals surface area (Å²) >= 11 is 12.6. The van der Waals surface area contributed by atoms with Crippen molar-refractivity contribution in [2.75, 3.05) is 38.1 Å². The zero-order chi connectivity index (χ0) is 34.9. The number of halogens is 3. The molecule has 0 radical (unpaired) electrons. The number of nitrogens with two attached hydrogens (primary N) is 1. The van der Waals surface area contributed by atoms with Crippen molar-refractivity contribution < 1.29 is 18.7 Å². The molecule has 1 atom stereocenters. The number of ether oxygens (including phenoxy) is 2. The summed E-state index contributed by atoms with van der Waals surface area (Å²) < 4.78 is 27.2. The number of benzene rings is 2. The fraction of sp³-hybridized carbons (Fsp3) is 0.265. The first kappa shape index (κ1) is 34.4. The summed E-state index contributed by atoms with van der Waals surface area (Å²) in [6.45, 7) is 3.89. The maximum absolute atomic E-state index is 15.0. The molecule has 11 nitrogen and oxygen atoms in total. The van der Waals surface area contributed by atoms with E-state index in [2.05, 4.69) is 9.97 Å². The third-order valence-electron chi connectivity index (χ3n) is 7.72. The lowest BCUT2D eigenvalue weighted by atomic mass is 9.90. The van der Waals surface area contributed by atoms with Crippen molar-refractivity contribution in [1.29, 1.82) is 0 Å². The van der Waals surface area contributed by atoms with Crippen molar-refractivity contribution in [1.82, 2.24) is 14.5 Å². The fourth-order valence-corrected chi connectivity index (χ4v) is 5.73. The second-order valence-electron chi connectivity index (χ2n) is 11.5. The molecule has 4 aromatic rings. The summed E-state index contributed by atoms with van der Waals surface area (Å²) in [6.07, 6.45) is 2.98. The molecule has 0 bridgehead atoms. The second-order valence-corrected chi connectivity index (χ2v) is 12.4. The summed E-state index contributed by atoms with van der Waals surface area (Å²) in [5, 5.41) is 0.0814. The SMILES string of the molecule is COc1ccc(Cn2cc(Cl)cc(N3C(=O)C(N)=C(C(=Nc4cnc(N(C)C)nc4OC)C(C)C)C3c3ccc(Cl)c(F)c3)c2=O)cc1. The van der Waals surface area contributed by atoms with E-state index in [-0.39, 0.29) is 51.0 Å². The first-order valence-electron chi connectivity index (χ1n) is 14.8. The Bertz CT molecular complexity index is 1990. The van der Waals surface area contributed by atoms with Crippen molar-refractivity contribution in [2.45, 2.75) is 26.4 Å². The number of hydrogen-bond acceptors (Lipinski definition) is 9. The smallest absolute Gasteiger partial charge is 0.275 e. The molecule has 0 saturated heterocycles. The van der Waals surface area contributed by atoms with Crippen LogP contribution >= 0.6 is 23.2 Å². The van der Waals surface area contributed by atoms with E-state index < -0.39 is 23.3 Å². The van der Waals surface area contributed by atoms with Crippen molar-refractivity contribution in [3.63, 3.8) is 0 Å². The number of pyridine rings is 1. The first-order valence-corrected chi connectivity index (χ1v) is 15.6. The molecule has 1 amide bonds. The minimum absolute atomic E-state index is 0.0568. The van der Waals surface area contributed by atoms with Crippen LogP contribution in [0.3, 0.4) is 0 Å². The Morgan fingerprint density at radius 1 is 1.08 bits per heavy atom. The topological polar surface area (TPSA) is 128 Å². The van der Waals surface area contributed by atoms with Crippen molar-refractivity contribution in [2.24, 2.45) is 16.6 Å². The summed E-state index contributed by atoms with van der Waals surface area (Å²) in [5.74, 6) is -0.466. The average molecular weight is 695 g/mol. The van der Waals surface area contributed by atoms with Gasteiger partial charge in [-0.15, -0.1) is 0 Å². The highest BCUT2D eigenvalue weighted by Gasteiger charge is 2.44. The van der Waals surface area contributed by atoms with Gasteiger partial charge in [-0.05, 0) is 47.4 Å². The molecule has 0 aliphatic carbocycles. The van der Waals surface area contributed by atoms with Crippen LogP contribution in [-0.4, -0.2) is 54.5 Å². The summed E-state index contributed by atoms with van der Waals surface area (Å²) in [5.41, 5.74) is 7.90. The Morgan fingerprint density at radius 3 is 2.40 bits per heavy atom. The molecule has 14 heteroatoms. The molecule has 48 heavy (non-hydrogen) atoms. The van der Waals surface area contributed by atoms with Crippen LogP contribution in [0, 0.1) is 11.7 Å². The molecule has 0 spiro atoms. The maximum atomic E-state index is 15.0. The molecule has 0 saturated carbocycles. The highest BCUT2D eigenvalue weighted by Crippen LogP contribution is 2.43. The Morgan fingerprint density at radius 2 is 1.79 bits per heavy atom. The molecule has 2 aromatic carbocycles. The number of amides is 1. The van der Waals surface area contributed by atoms with Gasteiger partial charge in [-0.3, -0.25) is 14.5 Å². The average Bonchev–Trinajstić information content (AvgIpc) is 3.31. The highest BCUT2D eigenvalue weighted by molar-refractivity contribution is 6.31. The molecule has 1 aliphatic heterocycles. The van der Waals surface area contributed by atoms with E-state index in [4.69, 9.17) is 43.4 Å². The van der Waals surface area contributed by atoms with Gasteiger partial charge in [0.25, 0.3) is 11.5 Å². The van der Waals surface area contributed by atoms with Crippen molar-refractivity contribution in [3.05, 3.63) is 110 Å². The summed E-state index contributed by atoms with van der Waals surface area (Å²) in [7, 11) is 6.60. The number of anilines is 2. The van der Waals surface area contributed by atoms with E-state index in [1.807, 2.05) is 26.0 Å². The largest absolute Gasteiger partial charge is 0.497 e. The maximum Gasteiger partial charge on any atom is 0.275 e. The lowest BCUT2D eigenvalue weighted by molar-refractivity contribution is -0.114. The molecule has 2 N–H and O–H groups in total. The van der Waals surface area contributed by atoms with E-state index >= 15 is 4.39 Å². The molecule has 3 heterocycles. The number of nitrogens with zero attached hydrogens (tertiary/aromatic N) is 6. The van der Waals surface area contributed by atoms with E-state index in [0.29, 0.717) is 23.0 Å². The Kier molecular flexibility index (Phi) is 10.1. The van der Waals surface area contributed by atoms with Gasteiger partial charge in [0.05, 0.1) is 48.8 Å². The number of aromatic nitrogens is 3. The molecular weight excluding hydrogens is 660 g/mol. The number of methoxy groups -OCH3 is 2. The van der Waals surface area contributed by atoms with Crippen LogP contribution in [0.5, 0.6) is 11.6 Å². The van der Waals surface area contributed by atoms with E-state index in [1.165, 1.54) is 47.2 Å². The van der Waals surface area contributed by atoms with Crippen LogP contribution < -0.4 is 30.6 Å². The zero-order valence-electron chi connectivity index (χ0n) is 27.2. The minimum atomic E-state index is -1.08. The number of hydrogen-bond donors (Lipinski definition) is 1. The van der Waals surface area contributed by atoms with Gasteiger partial charge in [0.1, 0.15) is 28.6 Å². The van der Waals surface area contributed by atoms with Crippen LogP contribution in [0.4, 0.5) is 21.7 Å². The molecule has 2 aromatic heterocycles. The number of aliphatic imine (C=N–C) groups is 1. The number of carbonyl (C=O) groups excluding carboxylic acids is 1. The van der Waals surface area contributed by atoms with Gasteiger partial charge in [0.2, 0.25) is 11.8 Å². The predicted octanol–water partition coefficient (Wildman–Crippen LogP) is 5.95. The Balaban J connectivity index is 1.70. The molecular formula is C34H34Cl2FN7O4. The third-order valence-corrected chi connectivity index (χ3v) is 8.23. The van der Waals surface area contributed by atoms with Crippen molar-refractivity contribution in [3.8, 4) is 11.6 Å². The van der Waals surface area contributed by atoms with Crippen LogP contribution in [0.2, 0.25) is 10.0 Å².